The number of nitrogens with one attached hydrogen (secondary N) is 1. The van der Waals surface area contributed by atoms with E-state index in [0.29, 0.717) is 22.0 Å². The van der Waals surface area contributed by atoms with Crippen molar-refractivity contribution < 1.29 is 23.5 Å². The minimum Gasteiger partial charge on any atom is -0.489 e. The van der Waals surface area contributed by atoms with Crippen molar-refractivity contribution in [2.75, 3.05) is 11.9 Å². The zero-order valence-electron chi connectivity index (χ0n) is 17.7. The van der Waals surface area contributed by atoms with Crippen molar-refractivity contribution >= 4 is 52.2 Å². The minimum atomic E-state index is -0.547. The summed E-state index contributed by atoms with van der Waals surface area (Å²) in [5.41, 5.74) is 1.94. The van der Waals surface area contributed by atoms with Crippen LogP contribution in [0.15, 0.2) is 77.7 Å². The molecule has 1 aliphatic heterocycles. The molecule has 0 spiro atoms. The number of benzene rings is 3. The predicted octanol–water partition coefficient (Wildman–Crippen LogP) is 5.73. The van der Waals surface area contributed by atoms with E-state index < -0.39 is 23.6 Å². The molecule has 3 aromatic rings. The maximum atomic E-state index is 13.0. The highest BCUT2D eigenvalue weighted by molar-refractivity contribution is 8.18. The van der Waals surface area contributed by atoms with Crippen molar-refractivity contribution in [1.82, 2.24) is 4.90 Å². The second-order valence-corrected chi connectivity index (χ2v) is 8.74. The van der Waals surface area contributed by atoms with Crippen molar-refractivity contribution in [1.29, 1.82) is 0 Å². The van der Waals surface area contributed by atoms with Gasteiger partial charge in [-0.15, -0.1) is 0 Å². The first kappa shape index (κ1) is 23.5. The molecule has 0 unspecified atom stereocenters. The number of carbonyl (C=O) groups is 3. The van der Waals surface area contributed by atoms with Crippen LogP contribution in [0, 0.1) is 5.82 Å². The minimum absolute atomic E-state index is 0.205. The van der Waals surface area contributed by atoms with Crippen LogP contribution in [0.4, 0.5) is 14.9 Å². The number of halogens is 2. The molecule has 3 amide bonds. The molecule has 0 bridgehead atoms. The molecule has 4 rings (SSSR count). The van der Waals surface area contributed by atoms with E-state index in [2.05, 4.69) is 5.32 Å². The molecule has 1 saturated heterocycles. The molecule has 172 valence electrons. The maximum Gasteiger partial charge on any atom is 0.294 e. The first-order valence-electron chi connectivity index (χ1n) is 10.2. The Morgan fingerprint density at radius 2 is 1.82 bits per heavy atom. The number of hydrogen-bond donors (Lipinski definition) is 1. The van der Waals surface area contributed by atoms with Crippen molar-refractivity contribution in [2.45, 2.75) is 6.61 Å². The zero-order valence-corrected chi connectivity index (χ0v) is 19.2. The van der Waals surface area contributed by atoms with E-state index in [-0.39, 0.29) is 17.3 Å². The molecule has 0 atom stereocenters. The van der Waals surface area contributed by atoms with E-state index in [4.69, 9.17) is 16.3 Å². The molecule has 1 fully saturated rings. The summed E-state index contributed by atoms with van der Waals surface area (Å²) in [6, 6.07) is 19.6. The smallest absolute Gasteiger partial charge is 0.294 e. The van der Waals surface area contributed by atoms with Gasteiger partial charge in [0.1, 0.15) is 24.7 Å². The van der Waals surface area contributed by atoms with Crippen molar-refractivity contribution in [3.63, 3.8) is 0 Å². The normalized spacial score (nSPS) is 14.5. The number of imide groups is 1. The number of hydrogen-bond acceptors (Lipinski definition) is 5. The quantitative estimate of drug-likeness (QED) is 0.422. The SMILES string of the molecule is O=C(CN1C(=O)S/C(=C/c2cccc(OCc3ccc(F)cc3)c2)C1=O)Nc1cccc(Cl)c1. The summed E-state index contributed by atoms with van der Waals surface area (Å²) in [5.74, 6) is -0.823. The Balaban J connectivity index is 1.39. The van der Waals surface area contributed by atoms with Gasteiger partial charge >= 0.3 is 0 Å². The monoisotopic (exact) mass is 496 g/mol. The van der Waals surface area contributed by atoms with Crippen LogP contribution in [0.5, 0.6) is 5.75 Å². The molecule has 34 heavy (non-hydrogen) atoms. The van der Waals surface area contributed by atoms with Crippen LogP contribution in [-0.2, 0) is 16.2 Å². The fourth-order valence-electron chi connectivity index (χ4n) is 3.14. The van der Waals surface area contributed by atoms with Gasteiger partial charge in [-0.1, -0.05) is 41.9 Å². The van der Waals surface area contributed by atoms with Crippen LogP contribution < -0.4 is 10.1 Å². The molecule has 0 aliphatic carbocycles. The highest BCUT2D eigenvalue weighted by atomic mass is 35.5. The van der Waals surface area contributed by atoms with Gasteiger partial charge in [-0.2, -0.15) is 0 Å². The summed E-state index contributed by atoms with van der Waals surface area (Å²) >= 11 is 6.67. The lowest BCUT2D eigenvalue weighted by Crippen LogP contribution is -2.36. The summed E-state index contributed by atoms with van der Waals surface area (Å²) in [5, 5.41) is 2.55. The van der Waals surface area contributed by atoms with Gasteiger partial charge in [0, 0.05) is 10.7 Å². The van der Waals surface area contributed by atoms with E-state index in [9.17, 15) is 18.8 Å². The fraction of sp³-hybridized carbons (Fsp3) is 0.0800. The Morgan fingerprint density at radius 3 is 2.59 bits per heavy atom. The van der Waals surface area contributed by atoms with E-state index in [0.717, 1.165) is 22.2 Å². The summed E-state index contributed by atoms with van der Waals surface area (Å²) < 4.78 is 18.8. The summed E-state index contributed by atoms with van der Waals surface area (Å²) in [6.45, 7) is -0.155. The van der Waals surface area contributed by atoms with Gasteiger partial charge in [0.25, 0.3) is 11.1 Å². The highest BCUT2D eigenvalue weighted by Gasteiger charge is 2.36. The van der Waals surface area contributed by atoms with Gasteiger partial charge in [0.2, 0.25) is 5.91 Å². The number of carbonyl (C=O) groups excluding carboxylic acids is 3. The lowest BCUT2D eigenvalue weighted by Gasteiger charge is -2.12. The van der Waals surface area contributed by atoms with Gasteiger partial charge in [-0.25, -0.2) is 4.39 Å². The highest BCUT2D eigenvalue weighted by Crippen LogP contribution is 2.32. The molecule has 0 aromatic heterocycles. The third-order valence-corrected chi connectivity index (χ3v) is 5.90. The predicted molar refractivity (Wildman–Crippen MR) is 130 cm³/mol. The van der Waals surface area contributed by atoms with Crippen LogP contribution in [0.2, 0.25) is 5.02 Å². The summed E-state index contributed by atoms with van der Waals surface area (Å²) in [6.07, 6.45) is 1.57. The molecule has 3 aromatic carbocycles. The van der Waals surface area contributed by atoms with Crippen LogP contribution in [0.1, 0.15) is 11.1 Å². The maximum absolute atomic E-state index is 13.0. The molecule has 0 saturated carbocycles. The van der Waals surface area contributed by atoms with Gasteiger partial charge < -0.3 is 10.1 Å². The molecule has 0 radical (unpaired) electrons. The van der Waals surface area contributed by atoms with Crippen LogP contribution in [-0.4, -0.2) is 28.5 Å². The van der Waals surface area contributed by atoms with Crippen molar-refractivity contribution in [2.24, 2.45) is 0 Å². The first-order valence-corrected chi connectivity index (χ1v) is 11.3. The topological polar surface area (TPSA) is 75.7 Å². The summed E-state index contributed by atoms with van der Waals surface area (Å²) in [7, 11) is 0. The lowest BCUT2D eigenvalue weighted by molar-refractivity contribution is -0.127. The number of ether oxygens (including phenoxy) is 1. The van der Waals surface area contributed by atoms with E-state index in [1.807, 2.05) is 0 Å². The van der Waals surface area contributed by atoms with Crippen LogP contribution in [0.25, 0.3) is 6.08 Å². The molecule has 9 heteroatoms. The Hall–Kier alpha value is -3.62. The lowest BCUT2D eigenvalue weighted by atomic mass is 10.2. The molecule has 1 aliphatic rings. The summed E-state index contributed by atoms with van der Waals surface area (Å²) in [4.78, 5) is 38.5. The van der Waals surface area contributed by atoms with Gasteiger partial charge in [-0.05, 0) is 71.4 Å². The van der Waals surface area contributed by atoms with E-state index in [1.165, 1.54) is 12.1 Å². The average molecular weight is 497 g/mol. The van der Waals surface area contributed by atoms with E-state index >= 15 is 0 Å². The van der Waals surface area contributed by atoms with Gasteiger partial charge in [0.05, 0.1) is 4.91 Å². The third kappa shape index (κ3) is 6.03. The molecule has 1 N–H and O–H groups in total. The van der Waals surface area contributed by atoms with Crippen molar-refractivity contribution in [3.05, 3.63) is 99.7 Å². The van der Waals surface area contributed by atoms with Crippen molar-refractivity contribution in [3.8, 4) is 5.75 Å². The molecule has 1 heterocycles. The Labute approximate surface area is 204 Å². The molecular weight excluding hydrogens is 479 g/mol. The largest absolute Gasteiger partial charge is 0.489 e. The number of anilines is 1. The van der Waals surface area contributed by atoms with Gasteiger partial charge in [-0.3, -0.25) is 19.3 Å². The van der Waals surface area contributed by atoms with Crippen LogP contribution >= 0.6 is 23.4 Å². The second-order valence-electron chi connectivity index (χ2n) is 7.31. The standard InChI is InChI=1S/C25H18ClFN2O4S/c26-18-4-2-5-20(13-18)28-23(30)14-29-24(31)22(34-25(29)32)12-17-3-1-6-21(11-17)33-15-16-7-9-19(27)10-8-16/h1-13H,14-15H2,(H,28,30)/b22-12+. The number of nitrogens with zero attached hydrogens (tertiary/aromatic N) is 1. The second kappa shape index (κ2) is 10.5. The Kier molecular flexibility index (Phi) is 7.30. The number of rotatable bonds is 7. The zero-order chi connectivity index (χ0) is 24.1. The third-order valence-electron chi connectivity index (χ3n) is 4.76. The van der Waals surface area contributed by atoms with Crippen LogP contribution in [0.3, 0.4) is 0 Å². The Bertz CT molecular complexity index is 1280. The number of amides is 3. The van der Waals surface area contributed by atoms with Gasteiger partial charge in [0.15, 0.2) is 0 Å². The average Bonchev–Trinajstić information content (AvgIpc) is 3.06. The fourth-order valence-corrected chi connectivity index (χ4v) is 4.17. The Morgan fingerprint density at radius 1 is 1.06 bits per heavy atom. The molecular formula is C25H18ClFN2O4S. The number of thioether (sulfide) groups is 1. The van der Waals surface area contributed by atoms with E-state index in [1.54, 1.807) is 66.7 Å². The molecule has 6 nitrogen and oxygen atoms in total. The first-order chi connectivity index (χ1) is 16.4.